The monoisotopic (exact) mass is 222 g/mol. The largest absolute Gasteiger partial charge is 0.338 e. The fourth-order valence-electron chi connectivity index (χ4n) is 2.19. The standard InChI is InChI=1S/C11H18N4O/c1-9(6-14-3-2-13-8-14)15-7-10(5-12)4-11(15)16/h2-3,8-10H,4-7,12H2,1H3. The molecule has 0 spiro atoms. The Balaban J connectivity index is 1.95. The minimum Gasteiger partial charge on any atom is -0.338 e. The number of nitrogens with zero attached hydrogens (tertiary/aromatic N) is 3. The lowest BCUT2D eigenvalue weighted by Crippen LogP contribution is -2.37. The van der Waals surface area contributed by atoms with Crippen LogP contribution in [-0.4, -0.2) is 39.5 Å². The van der Waals surface area contributed by atoms with Gasteiger partial charge in [0, 0.05) is 37.9 Å². The molecule has 2 rings (SSSR count). The molecule has 0 saturated carbocycles. The zero-order chi connectivity index (χ0) is 11.5. The Morgan fingerprint density at radius 1 is 1.69 bits per heavy atom. The minimum absolute atomic E-state index is 0.207. The van der Waals surface area contributed by atoms with Gasteiger partial charge in [0.25, 0.3) is 0 Å². The highest BCUT2D eigenvalue weighted by molar-refractivity contribution is 5.79. The fourth-order valence-corrected chi connectivity index (χ4v) is 2.19. The second kappa shape index (κ2) is 4.65. The van der Waals surface area contributed by atoms with E-state index in [1.807, 2.05) is 15.7 Å². The number of hydrogen-bond donors (Lipinski definition) is 1. The maximum absolute atomic E-state index is 11.8. The number of nitrogens with two attached hydrogens (primary N) is 1. The summed E-state index contributed by atoms with van der Waals surface area (Å²) in [6.45, 7) is 4.26. The van der Waals surface area contributed by atoms with Crippen molar-refractivity contribution in [1.29, 1.82) is 0 Å². The van der Waals surface area contributed by atoms with Crippen LogP contribution in [0.3, 0.4) is 0 Å². The number of aromatic nitrogens is 2. The lowest BCUT2D eigenvalue weighted by Gasteiger charge is -2.25. The van der Waals surface area contributed by atoms with Crippen LogP contribution in [0, 0.1) is 5.92 Å². The van der Waals surface area contributed by atoms with E-state index in [0.29, 0.717) is 18.9 Å². The van der Waals surface area contributed by atoms with Crippen molar-refractivity contribution < 1.29 is 4.79 Å². The Hall–Kier alpha value is -1.36. The molecule has 1 amide bonds. The summed E-state index contributed by atoms with van der Waals surface area (Å²) in [6.07, 6.45) is 6.04. The number of imidazole rings is 1. The van der Waals surface area contributed by atoms with E-state index in [-0.39, 0.29) is 11.9 Å². The van der Waals surface area contributed by atoms with Crippen molar-refractivity contribution in [2.45, 2.75) is 25.9 Å². The van der Waals surface area contributed by atoms with Gasteiger partial charge in [0.1, 0.15) is 0 Å². The van der Waals surface area contributed by atoms with Crippen molar-refractivity contribution in [2.75, 3.05) is 13.1 Å². The molecule has 1 aromatic rings. The fraction of sp³-hybridized carbons (Fsp3) is 0.636. The van der Waals surface area contributed by atoms with E-state index in [9.17, 15) is 4.79 Å². The van der Waals surface area contributed by atoms with Crippen LogP contribution in [0.2, 0.25) is 0 Å². The molecule has 2 unspecified atom stereocenters. The van der Waals surface area contributed by atoms with Gasteiger partial charge in [-0.25, -0.2) is 4.98 Å². The molecule has 1 fully saturated rings. The molecule has 2 N–H and O–H groups in total. The van der Waals surface area contributed by atoms with E-state index in [1.54, 1.807) is 12.5 Å². The van der Waals surface area contributed by atoms with Gasteiger partial charge in [0.15, 0.2) is 0 Å². The van der Waals surface area contributed by atoms with Gasteiger partial charge in [-0.05, 0) is 19.4 Å². The van der Waals surface area contributed by atoms with Crippen LogP contribution in [0.4, 0.5) is 0 Å². The molecule has 0 aliphatic carbocycles. The van der Waals surface area contributed by atoms with E-state index in [4.69, 9.17) is 5.73 Å². The molecule has 0 radical (unpaired) electrons. The average molecular weight is 222 g/mol. The third kappa shape index (κ3) is 2.24. The molecular formula is C11H18N4O. The summed E-state index contributed by atoms with van der Waals surface area (Å²) in [5.41, 5.74) is 5.60. The van der Waals surface area contributed by atoms with Gasteiger partial charge >= 0.3 is 0 Å². The maximum atomic E-state index is 11.8. The Kier molecular flexibility index (Phi) is 3.24. The van der Waals surface area contributed by atoms with Crippen molar-refractivity contribution in [2.24, 2.45) is 11.7 Å². The predicted molar refractivity (Wildman–Crippen MR) is 60.6 cm³/mol. The van der Waals surface area contributed by atoms with Gasteiger partial charge in [-0.15, -0.1) is 0 Å². The topological polar surface area (TPSA) is 64.2 Å². The number of rotatable bonds is 4. The third-order valence-corrected chi connectivity index (χ3v) is 3.14. The lowest BCUT2D eigenvalue weighted by molar-refractivity contribution is -0.129. The van der Waals surface area contributed by atoms with Crippen LogP contribution in [0.5, 0.6) is 0 Å². The lowest BCUT2D eigenvalue weighted by atomic mass is 10.1. The summed E-state index contributed by atoms with van der Waals surface area (Å²) < 4.78 is 1.99. The second-order valence-corrected chi connectivity index (χ2v) is 4.46. The predicted octanol–water partition coefficient (Wildman–Crippen LogP) is 0.0788. The van der Waals surface area contributed by atoms with Crippen molar-refractivity contribution in [3.63, 3.8) is 0 Å². The van der Waals surface area contributed by atoms with E-state index in [0.717, 1.165) is 13.1 Å². The molecule has 5 heteroatoms. The first-order chi connectivity index (χ1) is 7.70. The molecule has 2 atom stereocenters. The highest BCUT2D eigenvalue weighted by atomic mass is 16.2. The SMILES string of the molecule is CC(Cn1ccnc1)N1CC(CN)CC1=O. The Morgan fingerprint density at radius 2 is 2.50 bits per heavy atom. The normalized spacial score (nSPS) is 22.8. The molecule has 1 saturated heterocycles. The van der Waals surface area contributed by atoms with Gasteiger partial charge < -0.3 is 15.2 Å². The number of amides is 1. The van der Waals surface area contributed by atoms with Crippen LogP contribution < -0.4 is 5.73 Å². The molecule has 5 nitrogen and oxygen atoms in total. The van der Waals surface area contributed by atoms with Crippen LogP contribution in [0.1, 0.15) is 13.3 Å². The van der Waals surface area contributed by atoms with E-state index < -0.39 is 0 Å². The highest BCUT2D eigenvalue weighted by Crippen LogP contribution is 2.19. The summed E-state index contributed by atoms with van der Waals surface area (Å²) in [4.78, 5) is 17.7. The Bertz CT molecular complexity index is 349. The van der Waals surface area contributed by atoms with Gasteiger partial charge in [-0.1, -0.05) is 0 Å². The van der Waals surface area contributed by atoms with Gasteiger partial charge in [0.05, 0.1) is 6.33 Å². The second-order valence-electron chi connectivity index (χ2n) is 4.46. The van der Waals surface area contributed by atoms with E-state index in [2.05, 4.69) is 11.9 Å². The Morgan fingerprint density at radius 3 is 3.06 bits per heavy atom. The summed E-state index contributed by atoms with van der Waals surface area (Å²) in [5, 5.41) is 0. The smallest absolute Gasteiger partial charge is 0.223 e. The van der Waals surface area contributed by atoms with Crippen molar-refractivity contribution in [3.05, 3.63) is 18.7 Å². The summed E-state index contributed by atoms with van der Waals surface area (Å²) >= 11 is 0. The molecule has 1 aliphatic heterocycles. The van der Waals surface area contributed by atoms with E-state index >= 15 is 0 Å². The molecule has 88 valence electrons. The molecular weight excluding hydrogens is 204 g/mol. The van der Waals surface area contributed by atoms with Crippen molar-refractivity contribution in [3.8, 4) is 0 Å². The zero-order valence-corrected chi connectivity index (χ0v) is 9.54. The quantitative estimate of drug-likeness (QED) is 0.784. The highest BCUT2D eigenvalue weighted by Gasteiger charge is 2.31. The molecule has 16 heavy (non-hydrogen) atoms. The van der Waals surface area contributed by atoms with Gasteiger partial charge in [0.2, 0.25) is 5.91 Å². The summed E-state index contributed by atoms with van der Waals surface area (Å²) in [6, 6.07) is 0.207. The molecule has 0 aromatic carbocycles. The summed E-state index contributed by atoms with van der Waals surface area (Å²) in [5.74, 6) is 0.556. The van der Waals surface area contributed by atoms with Crippen LogP contribution in [-0.2, 0) is 11.3 Å². The average Bonchev–Trinajstić information content (AvgIpc) is 2.87. The first-order valence-electron chi connectivity index (χ1n) is 5.66. The Labute approximate surface area is 95.2 Å². The molecule has 2 heterocycles. The molecule has 0 bridgehead atoms. The van der Waals surface area contributed by atoms with Crippen LogP contribution in [0.15, 0.2) is 18.7 Å². The zero-order valence-electron chi connectivity index (χ0n) is 9.54. The first-order valence-corrected chi connectivity index (χ1v) is 5.66. The maximum Gasteiger partial charge on any atom is 0.223 e. The van der Waals surface area contributed by atoms with Gasteiger partial charge in [-0.2, -0.15) is 0 Å². The number of carbonyl (C=O) groups excluding carboxylic acids is 1. The number of hydrogen-bond acceptors (Lipinski definition) is 3. The minimum atomic E-state index is 0.207. The van der Waals surface area contributed by atoms with Crippen molar-refractivity contribution >= 4 is 5.91 Å². The summed E-state index contributed by atoms with van der Waals surface area (Å²) in [7, 11) is 0. The van der Waals surface area contributed by atoms with Gasteiger partial charge in [-0.3, -0.25) is 4.79 Å². The number of carbonyl (C=O) groups is 1. The third-order valence-electron chi connectivity index (χ3n) is 3.14. The van der Waals surface area contributed by atoms with E-state index in [1.165, 1.54) is 0 Å². The van der Waals surface area contributed by atoms with Crippen LogP contribution >= 0.6 is 0 Å². The molecule has 1 aliphatic rings. The first kappa shape index (κ1) is 11.1. The molecule has 1 aromatic heterocycles. The van der Waals surface area contributed by atoms with Crippen LogP contribution in [0.25, 0.3) is 0 Å². The van der Waals surface area contributed by atoms with Crippen molar-refractivity contribution in [1.82, 2.24) is 14.5 Å². The number of likely N-dealkylation sites (tertiary alicyclic amines) is 1.